The molecule has 0 unspecified atom stereocenters. The Kier molecular flexibility index (Phi) is 4.10. The highest BCUT2D eigenvalue weighted by Crippen LogP contribution is 2.26. The van der Waals surface area contributed by atoms with Crippen LogP contribution in [0.4, 0.5) is 0 Å². The predicted molar refractivity (Wildman–Crippen MR) is 113 cm³/mol. The fourth-order valence-corrected chi connectivity index (χ4v) is 3.96. The third-order valence-electron chi connectivity index (χ3n) is 4.74. The highest BCUT2D eigenvalue weighted by Gasteiger charge is 2.14. The van der Waals surface area contributed by atoms with Crippen molar-refractivity contribution in [2.75, 3.05) is 6.26 Å². The molecular formula is C21H14ClN3O2S. The van der Waals surface area contributed by atoms with E-state index in [0.717, 1.165) is 26.7 Å². The van der Waals surface area contributed by atoms with Crippen LogP contribution in [0.15, 0.2) is 69.0 Å². The van der Waals surface area contributed by atoms with E-state index >= 15 is 0 Å². The lowest BCUT2D eigenvalue weighted by Crippen LogP contribution is -2.20. The van der Waals surface area contributed by atoms with Crippen LogP contribution >= 0.6 is 23.4 Å². The number of furan rings is 1. The molecule has 2 aromatic carbocycles. The first-order valence-electron chi connectivity index (χ1n) is 8.64. The van der Waals surface area contributed by atoms with Crippen LogP contribution in [0.2, 0.25) is 5.15 Å². The van der Waals surface area contributed by atoms with Crippen molar-refractivity contribution in [1.29, 1.82) is 0 Å². The molecule has 0 bridgehead atoms. The molecule has 0 aliphatic heterocycles. The molecule has 3 heterocycles. The molecule has 5 aromatic rings. The maximum Gasteiger partial charge on any atom is 0.297 e. The Bertz CT molecular complexity index is 1420. The van der Waals surface area contributed by atoms with Crippen LogP contribution in [0.3, 0.4) is 0 Å². The van der Waals surface area contributed by atoms with Crippen LogP contribution in [0.5, 0.6) is 0 Å². The maximum absolute atomic E-state index is 12.9. The summed E-state index contributed by atoms with van der Waals surface area (Å²) in [5, 5.41) is 2.18. The van der Waals surface area contributed by atoms with Crippen molar-refractivity contribution in [3.05, 3.63) is 75.9 Å². The minimum absolute atomic E-state index is 0.241. The number of benzene rings is 2. The van der Waals surface area contributed by atoms with Gasteiger partial charge in [-0.15, -0.1) is 11.8 Å². The topological polar surface area (TPSA) is 60.9 Å². The number of rotatable bonds is 3. The van der Waals surface area contributed by atoms with Crippen LogP contribution in [0, 0.1) is 0 Å². The third kappa shape index (κ3) is 2.77. The molecule has 0 atom stereocenters. The molecule has 5 rings (SSSR count). The van der Waals surface area contributed by atoms with Crippen LogP contribution < -0.4 is 5.56 Å². The second-order valence-corrected chi connectivity index (χ2v) is 7.69. The number of hydrogen-bond donors (Lipinski definition) is 0. The lowest BCUT2D eigenvalue weighted by molar-refractivity contribution is 0.642. The zero-order chi connectivity index (χ0) is 19.3. The fourth-order valence-electron chi connectivity index (χ4n) is 3.32. The summed E-state index contributed by atoms with van der Waals surface area (Å²) >= 11 is 8.06. The predicted octanol–water partition coefficient (Wildman–Crippen LogP) is 5.11. The van der Waals surface area contributed by atoms with Gasteiger partial charge in [-0.3, -0.25) is 9.36 Å². The molecule has 0 aliphatic carbocycles. The summed E-state index contributed by atoms with van der Waals surface area (Å²) in [5.41, 5.74) is 2.82. The Hall–Kier alpha value is -2.83. The van der Waals surface area contributed by atoms with Gasteiger partial charge in [-0.25, -0.2) is 9.97 Å². The van der Waals surface area contributed by atoms with Crippen molar-refractivity contribution in [1.82, 2.24) is 14.5 Å². The van der Waals surface area contributed by atoms with Gasteiger partial charge >= 0.3 is 0 Å². The first kappa shape index (κ1) is 17.3. The lowest BCUT2D eigenvalue weighted by Gasteiger charge is -2.09. The first-order chi connectivity index (χ1) is 13.6. The number of thioether (sulfide) groups is 1. The number of nitrogens with zero attached hydrogens (tertiary/aromatic N) is 3. The monoisotopic (exact) mass is 407 g/mol. The van der Waals surface area contributed by atoms with Gasteiger partial charge in [-0.1, -0.05) is 29.8 Å². The van der Waals surface area contributed by atoms with Gasteiger partial charge in [0, 0.05) is 21.2 Å². The van der Waals surface area contributed by atoms with Crippen LogP contribution in [-0.2, 0) is 6.54 Å². The zero-order valence-electron chi connectivity index (χ0n) is 14.8. The molecule has 138 valence electrons. The van der Waals surface area contributed by atoms with Gasteiger partial charge in [0.1, 0.15) is 16.3 Å². The fraction of sp³-hybridized carbons (Fsp3) is 0.0952. The average Bonchev–Trinajstić information content (AvgIpc) is 3.09. The van der Waals surface area contributed by atoms with E-state index in [0.29, 0.717) is 16.3 Å². The number of pyridine rings is 1. The summed E-state index contributed by atoms with van der Waals surface area (Å²) in [7, 11) is 0. The maximum atomic E-state index is 12.9. The molecule has 0 amide bonds. The van der Waals surface area contributed by atoms with E-state index in [2.05, 4.69) is 9.97 Å². The molecule has 28 heavy (non-hydrogen) atoms. The van der Waals surface area contributed by atoms with Gasteiger partial charge in [0.25, 0.3) is 5.56 Å². The molecule has 7 heteroatoms. The third-order valence-corrected chi connectivity index (χ3v) is 5.79. The van der Waals surface area contributed by atoms with E-state index in [1.807, 2.05) is 54.8 Å². The molecule has 0 radical (unpaired) electrons. The standard InChI is InChI=1S/C21H14ClN3O2S/c1-28-14-7-6-12-8-13(20(22)24-16(12)9-14)10-25-11-23-18-15-4-2-3-5-17(15)27-19(18)21(25)26/h2-9,11H,10H2,1H3. The Balaban J connectivity index is 1.61. The summed E-state index contributed by atoms with van der Waals surface area (Å²) in [4.78, 5) is 23.0. The van der Waals surface area contributed by atoms with E-state index in [1.165, 1.54) is 10.9 Å². The zero-order valence-corrected chi connectivity index (χ0v) is 16.4. The van der Waals surface area contributed by atoms with Gasteiger partial charge in [0.05, 0.1) is 18.4 Å². The molecule has 0 spiro atoms. The average molecular weight is 408 g/mol. The van der Waals surface area contributed by atoms with Crippen molar-refractivity contribution < 1.29 is 4.42 Å². The summed E-state index contributed by atoms with van der Waals surface area (Å²) in [6.07, 6.45) is 3.55. The SMILES string of the molecule is CSc1ccc2cc(Cn3cnc4c(oc5ccccc54)c3=O)c(Cl)nc2c1. The Labute approximate surface area is 169 Å². The largest absolute Gasteiger partial charge is 0.448 e. The second-order valence-electron chi connectivity index (χ2n) is 6.45. The van der Waals surface area contributed by atoms with Gasteiger partial charge < -0.3 is 4.42 Å². The smallest absolute Gasteiger partial charge is 0.297 e. The Morgan fingerprint density at radius 2 is 2.04 bits per heavy atom. The molecule has 0 N–H and O–H groups in total. The van der Waals surface area contributed by atoms with Gasteiger partial charge in [0.2, 0.25) is 5.58 Å². The molecule has 0 fully saturated rings. The Morgan fingerprint density at radius 3 is 2.89 bits per heavy atom. The molecule has 0 saturated carbocycles. The number of para-hydroxylation sites is 1. The van der Waals surface area contributed by atoms with E-state index in [1.54, 1.807) is 11.8 Å². The highest BCUT2D eigenvalue weighted by atomic mass is 35.5. The van der Waals surface area contributed by atoms with Gasteiger partial charge in [0.15, 0.2) is 0 Å². The van der Waals surface area contributed by atoms with Crippen LogP contribution in [0.25, 0.3) is 33.0 Å². The van der Waals surface area contributed by atoms with Crippen LogP contribution in [-0.4, -0.2) is 20.8 Å². The molecule has 5 nitrogen and oxygen atoms in total. The number of aromatic nitrogens is 3. The molecule has 0 saturated heterocycles. The van der Waals surface area contributed by atoms with Crippen molar-refractivity contribution in [3.63, 3.8) is 0 Å². The highest BCUT2D eigenvalue weighted by molar-refractivity contribution is 7.98. The van der Waals surface area contributed by atoms with Crippen molar-refractivity contribution >= 4 is 56.3 Å². The summed E-state index contributed by atoms with van der Waals surface area (Å²) < 4.78 is 7.24. The van der Waals surface area contributed by atoms with Gasteiger partial charge in [-0.2, -0.15) is 0 Å². The summed E-state index contributed by atoms with van der Waals surface area (Å²) in [6.45, 7) is 0.269. The van der Waals surface area contributed by atoms with Crippen molar-refractivity contribution in [2.45, 2.75) is 11.4 Å². The van der Waals surface area contributed by atoms with Crippen molar-refractivity contribution in [3.8, 4) is 0 Å². The minimum atomic E-state index is -0.241. The van der Waals surface area contributed by atoms with Crippen molar-refractivity contribution in [2.24, 2.45) is 0 Å². The normalized spacial score (nSPS) is 11.6. The number of fused-ring (bicyclic) bond motifs is 4. The van der Waals surface area contributed by atoms with E-state index in [9.17, 15) is 4.79 Å². The number of hydrogen-bond acceptors (Lipinski definition) is 5. The minimum Gasteiger partial charge on any atom is -0.448 e. The molecule has 0 aliphatic rings. The summed E-state index contributed by atoms with van der Waals surface area (Å²) in [6, 6.07) is 15.5. The van der Waals surface area contributed by atoms with E-state index in [-0.39, 0.29) is 17.7 Å². The molecular weight excluding hydrogens is 394 g/mol. The molecule has 3 aromatic heterocycles. The van der Waals surface area contributed by atoms with Gasteiger partial charge in [-0.05, 0) is 36.6 Å². The summed E-state index contributed by atoms with van der Waals surface area (Å²) in [5.74, 6) is 0. The van der Waals surface area contributed by atoms with E-state index < -0.39 is 0 Å². The van der Waals surface area contributed by atoms with Crippen LogP contribution in [0.1, 0.15) is 5.56 Å². The quantitative estimate of drug-likeness (QED) is 0.307. The Morgan fingerprint density at radius 1 is 1.18 bits per heavy atom. The first-order valence-corrected chi connectivity index (χ1v) is 10.2. The number of halogens is 1. The van der Waals surface area contributed by atoms with E-state index in [4.69, 9.17) is 16.0 Å². The lowest BCUT2D eigenvalue weighted by atomic mass is 10.1. The second kappa shape index (κ2) is 6.65.